The zero-order valence-electron chi connectivity index (χ0n) is 10.0. The molecule has 1 aliphatic heterocycles. The molecule has 4 N–H and O–H groups in total. The summed E-state index contributed by atoms with van der Waals surface area (Å²) in [6.07, 6.45) is -6.80. The molecular weight excluding hydrogens is 244 g/mol. The highest BCUT2D eigenvalue weighted by Gasteiger charge is 2.45. The van der Waals surface area contributed by atoms with Gasteiger partial charge in [-0.25, -0.2) is 4.79 Å². The van der Waals surface area contributed by atoms with E-state index in [4.69, 9.17) is 14.6 Å². The number of rotatable bonds is 4. The molecule has 18 heavy (non-hydrogen) atoms. The molecule has 0 saturated carbocycles. The van der Waals surface area contributed by atoms with Gasteiger partial charge in [-0.2, -0.15) is 0 Å². The Balaban J connectivity index is 2.81. The molecule has 104 valence electrons. The van der Waals surface area contributed by atoms with Crippen LogP contribution in [0.25, 0.3) is 0 Å². The van der Waals surface area contributed by atoms with Crippen LogP contribution < -0.4 is 0 Å². The molecular formula is C11H18O7. The van der Waals surface area contributed by atoms with Crippen molar-refractivity contribution in [2.45, 2.75) is 37.4 Å². The SMILES string of the molecule is C=C(C(=O)OCC)C1O[C@H](CO)[C@H](O)[C@H](O)[C@H]1O. The fourth-order valence-electron chi connectivity index (χ4n) is 1.73. The van der Waals surface area contributed by atoms with Crippen LogP contribution in [-0.4, -0.2) is 70.1 Å². The first-order valence-corrected chi connectivity index (χ1v) is 5.60. The van der Waals surface area contributed by atoms with Crippen LogP contribution in [0.5, 0.6) is 0 Å². The van der Waals surface area contributed by atoms with Crippen molar-refractivity contribution < 1.29 is 34.7 Å². The molecule has 1 unspecified atom stereocenters. The normalized spacial score (nSPS) is 36.2. The minimum atomic E-state index is -1.54. The van der Waals surface area contributed by atoms with Gasteiger partial charge in [0.1, 0.15) is 30.5 Å². The summed E-state index contributed by atoms with van der Waals surface area (Å²) in [4.78, 5) is 11.5. The number of hydrogen-bond acceptors (Lipinski definition) is 7. The van der Waals surface area contributed by atoms with E-state index in [1.807, 2.05) is 0 Å². The second-order valence-electron chi connectivity index (χ2n) is 4.00. The molecule has 0 aromatic carbocycles. The molecule has 0 bridgehead atoms. The number of aliphatic hydroxyl groups is 4. The first-order chi connectivity index (χ1) is 8.43. The van der Waals surface area contributed by atoms with E-state index in [0.717, 1.165) is 0 Å². The van der Waals surface area contributed by atoms with Crippen LogP contribution in [0, 0.1) is 0 Å². The summed E-state index contributed by atoms with van der Waals surface area (Å²) in [7, 11) is 0. The van der Waals surface area contributed by atoms with Crippen molar-refractivity contribution >= 4 is 5.97 Å². The largest absolute Gasteiger partial charge is 0.463 e. The maximum absolute atomic E-state index is 11.5. The van der Waals surface area contributed by atoms with E-state index in [-0.39, 0.29) is 12.2 Å². The third-order valence-electron chi connectivity index (χ3n) is 2.77. The van der Waals surface area contributed by atoms with Crippen LogP contribution in [0.3, 0.4) is 0 Å². The summed E-state index contributed by atoms with van der Waals surface area (Å²) in [6.45, 7) is 4.63. The predicted octanol–water partition coefficient (Wildman–Crippen LogP) is -2.05. The minimum Gasteiger partial charge on any atom is -0.463 e. The van der Waals surface area contributed by atoms with Gasteiger partial charge in [-0.1, -0.05) is 6.58 Å². The summed E-state index contributed by atoms with van der Waals surface area (Å²) in [5.74, 6) is -0.762. The number of ether oxygens (including phenoxy) is 2. The van der Waals surface area contributed by atoms with E-state index in [9.17, 15) is 20.1 Å². The molecule has 0 aromatic heterocycles. The Morgan fingerprint density at radius 3 is 2.39 bits per heavy atom. The van der Waals surface area contributed by atoms with Crippen LogP contribution in [0.4, 0.5) is 0 Å². The topological polar surface area (TPSA) is 116 Å². The minimum absolute atomic E-state index is 0.134. The lowest BCUT2D eigenvalue weighted by Gasteiger charge is -2.40. The van der Waals surface area contributed by atoms with Crippen LogP contribution in [-0.2, 0) is 14.3 Å². The number of carbonyl (C=O) groups excluding carboxylic acids is 1. The monoisotopic (exact) mass is 262 g/mol. The van der Waals surface area contributed by atoms with Gasteiger partial charge >= 0.3 is 5.97 Å². The fraction of sp³-hybridized carbons (Fsp3) is 0.727. The molecule has 0 aliphatic carbocycles. The predicted molar refractivity (Wildman–Crippen MR) is 59.5 cm³/mol. The molecule has 0 radical (unpaired) electrons. The molecule has 1 rings (SSSR count). The number of aliphatic hydroxyl groups excluding tert-OH is 4. The Hall–Kier alpha value is -0.990. The lowest BCUT2D eigenvalue weighted by Crippen LogP contribution is -2.59. The molecule has 1 fully saturated rings. The molecule has 0 aromatic rings. The maximum Gasteiger partial charge on any atom is 0.336 e. The van der Waals surface area contributed by atoms with Crippen molar-refractivity contribution in [3.63, 3.8) is 0 Å². The van der Waals surface area contributed by atoms with Crippen LogP contribution in [0.1, 0.15) is 6.92 Å². The van der Waals surface area contributed by atoms with E-state index < -0.39 is 43.1 Å². The van der Waals surface area contributed by atoms with Gasteiger partial charge in [0.25, 0.3) is 0 Å². The molecule has 0 amide bonds. The van der Waals surface area contributed by atoms with Crippen LogP contribution in [0.15, 0.2) is 12.2 Å². The maximum atomic E-state index is 11.5. The molecule has 1 heterocycles. The highest BCUT2D eigenvalue weighted by molar-refractivity contribution is 5.89. The fourth-order valence-corrected chi connectivity index (χ4v) is 1.73. The number of esters is 1. The number of hydrogen-bond donors (Lipinski definition) is 4. The highest BCUT2D eigenvalue weighted by atomic mass is 16.6. The quantitative estimate of drug-likeness (QED) is 0.340. The first-order valence-electron chi connectivity index (χ1n) is 5.60. The van der Waals surface area contributed by atoms with Gasteiger partial charge in [0.15, 0.2) is 0 Å². The summed E-state index contributed by atoms with van der Waals surface area (Å²) in [6, 6.07) is 0. The van der Waals surface area contributed by atoms with Gasteiger partial charge < -0.3 is 29.9 Å². The van der Waals surface area contributed by atoms with Crippen molar-refractivity contribution in [1.82, 2.24) is 0 Å². The molecule has 1 saturated heterocycles. The van der Waals surface area contributed by atoms with Crippen LogP contribution >= 0.6 is 0 Å². The van der Waals surface area contributed by atoms with Crippen molar-refractivity contribution in [2.24, 2.45) is 0 Å². The van der Waals surface area contributed by atoms with E-state index in [1.165, 1.54) is 0 Å². The molecule has 5 atom stereocenters. The Bertz CT molecular complexity index is 315. The summed E-state index contributed by atoms with van der Waals surface area (Å²) < 4.78 is 9.85. The van der Waals surface area contributed by atoms with Gasteiger partial charge in [0.2, 0.25) is 0 Å². The Labute approximate surface area is 104 Å². The Morgan fingerprint density at radius 1 is 1.28 bits per heavy atom. The summed E-state index contributed by atoms with van der Waals surface area (Å²) in [5.41, 5.74) is -0.172. The Kier molecular flexibility index (Phi) is 5.24. The Morgan fingerprint density at radius 2 is 1.89 bits per heavy atom. The van der Waals surface area contributed by atoms with Crippen molar-refractivity contribution in [3.8, 4) is 0 Å². The van der Waals surface area contributed by atoms with E-state index >= 15 is 0 Å². The van der Waals surface area contributed by atoms with E-state index in [0.29, 0.717) is 0 Å². The lowest BCUT2D eigenvalue weighted by atomic mass is 9.91. The molecule has 7 nitrogen and oxygen atoms in total. The second-order valence-corrected chi connectivity index (χ2v) is 4.00. The summed E-state index contributed by atoms with van der Waals surface area (Å²) >= 11 is 0. The van der Waals surface area contributed by atoms with Gasteiger partial charge in [-0.15, -0.1) is 0 Å². The van der Waals surface area contributed by atoms with Gasteiger partial charge in [0.05, 0.1) is 18.8 Å². The van der Waals surface area contributed by atoms with Crippen molar-refractivity contribution in [2.75, 3.05) is 13.2 Å². The van der Waals surface area contributed by atoms with Gasteiger partial charge in [-0.3, -0.25) is 0 Å². The zero-order chi connectivity index (χ0) is 13.9. The third kappa shape index (κ3) is 2.88. The zero-order valence-corrected chi connectivity index (χ0v) is 10.0. The van der Waals surface area contributed by atoms with Crippen molar-refractivity contribution in [3.05, 3.63) is 12.2 Å². The van der Waals surface area contributed by atoms with E-state index in [1.54, 1.807) is 6.92 Å². The van der Waals surface area contributed by atoms with E-state index in [2.05, 4.69) is 6.58 Å². The molecule has 7 heteroatoms. The highest BCUT2D eigenvalue weighted by Crippen LogP contribution is 2.25. The van der Waals surface area contributed by atoms with Gasteiger partial charge in [0, 0.05) is 0 Å². The van der Waals surface area contributed by atoms with Crippen LogP contribution in [0.2, 0.25) is 0 Å². The van der Waals surface area contributed by atoms with Gasteiger partial charge in [-0.05, 0) is 6.92 Å². The standard InChI is InChI=1S/C11H18O7/c1-3-17-11(16)5(2)10-9(15)8(14)7(13)6(4-12)18-10/h6-10,12-15H,2-4H2,1H3/t6-,7+,8+,9-,10?/m1/s1. The smallest absolute Gasteiger partial charge is 0.336 e. The average molecular weight is 262 g/mol. The molecule has 1 aliphatic rings. The lowest BCUT2D eigenvalue weighted by molar-refractivity contribution is -0.220. The number of carbonyl (C=O) groups is 1. The summed E-state index contributed by atoms with van der Waals surface area (Å²) in [5, 5.41) is 37.8. The average Bonchev–Trinajstić information content (AvgIpc) is 2.36. The second kappa shape index (κ2) is 6.26. The molecule has 0 spiro atoms. The van der Waals surface area contributed by atoms with Crippen molar-refractivity contribution in [1.29, 1.82) is 0 Å². The third-order valence-corrected chi connectivity index (χ3v) is 2.77. The first kappa shape index (κ1) is 15.1.